The summed E-state index contributed by atoms with van der Waals surface area (Å²) >= 11 is 0. The molecule has 4 nitrogen and oxygen atoms in total. The SMILES string of the molecule is CC(C)C(=O)NCC(=O)Nc1cccc(C(F)(F)F)c1. The first-order valence-corrected chi connectivity index (χ1v) is 5.95. The number of rotatable bonds is 4. The van der Waals surface area contributed by atoms with Crippen molar-refractivity contribution in [1.29, 1.82) is 0 Å². The molecule has 0 saturated heterocycles. The fourth-order valence-corrected chi connectivity index (χ4v) is 1.35. The van der Waals surface area contributed by atoms with Crippen molar-refractivity contribution in [3.63, 3.8) is 0 Å². The van der Waals surface area contributed by atoms with E-state index in [0.717, 1.165) is 12.1 Å². The molecule has 7 heteroatoms. The van der Waals surface area contributed by atoms with Gasteiger partial charge in [0.15, 0.2) is 0 Å². The van der Waals surface area contributed by atoms with Crippen molar-refractivity contribution in [3.05, 3.63) is 29.8 Å². The zero-order valence-corrected chi connectivity index (χ0v) is 11.0. The van der Waals surface area contributed by atoms with Gasteiger partial charge in [0.2, 0.25) is 11.8 Å². The van der Waals surface area contributed by atoms with Crippen LogP contribution >= 0.6 is 0 Å². The minimum Gasteiger partial charge on any atom is -0.347 e. The van der Waals surface area contributed by atoms with Crippen LogP contribution in [-0.2, 0) is 15.8 Å². The van der Waals surface area contributed by atoms with Gasteiger partial charge < -0.3 is 10.6 Å². The first-order chi connectivity index (χ1) is 9.20. The van der Waals surface area contributed by atoms with E-state index in [1.54, 1.807) is 13.8 Å². The van der Waals surface area contributed by atoms with Crippen LogP contribution in [0.4, 0.5) is 18.9 Å². The Balaban J connectivity index is 2.61. The Morgan fingerprint density at radius 3 is 2.45 bits per heavy atom. The van der Waals surface area contributed by atoms with Crippen molar-refractivity contribution in [3.8, 4) is 0 Å². The second kappa shape index (κ2) is 6.40. The third-order valence-electron chi connectivity index (χ3n) is 2.42. The summed E-state index contributed by atoms with van der Waals surface area (Å²) in [6.45, 7) is 3.05. The average Bonchev–Trinajstić information content (AvgIpc) is 2.35. The zero-order chi connectivity index (χ0) is 15.3. The lowest BCUT2D eigenvalue weighted by Crippen LogP contribution is -2.35. The number of hydrogen-bond acceptors (Lipinski definition) is 2. The van der Waals surface area contributed by atoms with Crippen molar-refractivity contribution >= 4 is 17.5 Å². The molecular weight excluding hydrogens is 273 g/mol. The number of halogens is 3. The van der Waals surface area contributed by atoms with E-state index in [-0.39, 0.29) is 24.1 Å². The second-order valence-electron chi connectivity index (χ2n) is 4.50. The maximum atomic E-state index is 12.5. The standard InChI is InChI=1S/C13H15F3N2O2/c1-8(2)12(20)17-7-11(19)18-10-5-3-4-9(6-10)13(14,15)16/h3-6,8H,7H2,1-2H3,(H,17,20)(H,18,19). The van der Waals surface area contributed by atoms with Gasteiger partial charge in [-0.25, -0.2) is 0 Å². The largest absolute Gasteiger partial charge is 0.416 e. The summed E-state index contributed by atoms with van der Waals surface area (Å²) < 4.78 is 37.4. The fourth-order valence-electron chi connectivity index (χ4n) is 1.35. The van der Waals surface area contributed by atoms with E-state index in [0.29, 0.717) is 0 Å². The highest BCUT2D eigenvalue weighted by Gasteiger charge is 2.30. The summed E-state index contributed by atoms with van der Waals surface area (Å²) in [6.07, 6.45) is -4.47. The van der Waals surface area contributed by atoms with E-state index in [9.17, 15) is 22.8 Å². The molecule has 0 unspecified atom stereocenters. The van der Waals surface area contributed by atoms with E-state index in [4.69, 9.17) is 0 Å². The molecule has 1 aromatic carbocycles. The van der Waals surface area contributed by atoms with Crippen LogP contribution < -0.4 is 10.6 Å². The molecular formula is C13H15F3N2O2. The molecule has 0 radical (unpaired) electrons. The Labute approximate surface area is 114 Å². The normalized spacial score (nSPS) is 11.3. The highest BCUT2D eigenvalue weighted by atomic mass is 19.4. The van der Waals surface area contributed by atoms with E-state index in [2.05, 4.69) is 10.6 Å². The van der Waals surface area contributed by atoms with Crippen molar-refractivity contribution in [2.45, 2.75) is 20.0 Å². The Bertz CT molecular complexity index is 499. The molecule has 2 amide bonds. The van der Waals surface area contributed by atoms with Gasteiger partial charge in [-0.2, -0.15) is 13.2 Å². The van der Waals surface area contributed by atoms with Crippen molar-refractivity contribution in [1.82, 2.24) is 5.32 Å². The minimum absolute atomic E-state index is 0.0311. The van der Waals surface area contributed by atoms with Gasteiger partial charge in [-0.05, 0) is 18.2 Å². The number of carbonyl (C=O) groups is 2. The monoisotopic (exact) mass is 288 g/mol. The van der Waals surface area contributed by atoms with Crippen LogP contribution in [0.3, 0.4) is 0 Å². The van der Waals surface area contributed by atoms with Gasteiger partial charge in [-0.1, -0.05) is 19.9 Å². The molecule has 2 N–H and O–H groups in total. The van der Waals surface area contributed by atoms with Crippen LogP contribution in [0.1, 0.15) is 19.4 Å². The molecule has 1 aromatic rings. The molecule has 0 aromatic heterocycles. The third kappa shape index (κ3) is 4.91. The summed E-state index contributed by atoms with van der Waals surface area (Å²) in [6, 6.07) is 4.29. The quantitative estimate of drug-likeness (QED) is 0.894. The molecule has 0 aliphatic rings. The van der Waals surface area contributed by atoms with Crippen LogP contribution in [0.25, 0.3) is 0 Å². The summed E-state index contributed by atoms with van der Waals surface area (Å²) in [5.74, 6) is -1.15. The molecule has 0 aliphatic carbocycles. The molecule has 1 rings (SSSR count). The fraction of sp³-hybridized carbons (Fsp3) is 0.385. The second-order valence-corrected chi connectivity index (χ2v) is 4.50. The molecule has 0 aliphatic heterocycles. The molecule has 0 heterocycles. The van der Waals surface area contributed by atoms with E-state index >= 15 is 0 Å². The minimum atomic E-state index is -4.47. The van der Waals surface area contributed by atoms with Crippen LogP contribution in [0.2, 0.25) is 0 Å². The lowest BCUT2D eigenvalue weighted by molar-refractivity contribution is -0.137. The molecule has 0 bridgehead atoms. The topological polar surface area (TPSA) is 58.2 Å². The van der Waals surface area contributed by atoms with Crippen molar-refractivity contribution in [2.75, 3.05) is 11.9 Å². The highest BCUT2D eigenvalue weighted by Crippen LogP contribution is 2.30. The summed E-state index contributed by atoms with van der Waals surface area (Å²) in [4.78, 5) is 22.7. The summed E-state index contributed by atoms with van der Waals surface area (Å²) in [7, 11) is 0. The number of alkyl halides is 3. The van der Waals surface area contributed by atoms with Crippen LogP contribution in [0.15, 0.2) is 24.3 Å². The molecule has 0 spiro atoms. The lowest BCUT2D eigenvalue weighted by Gasteiger charge is -2.11. The number of nitrogens with one attached hydrogen (secondary N) is 2. The zero-order valence-electron chi connectivity index (χ0n) is 11.0. The number of hydrogen-bond donors (Lipinski definition) is 2. The predicted molar refractivity (Wildman–Crippen MR) is 67.9 cm³/mol. The third-order valence-corrected chi connectivity index (χ3v) is 2.42. The Morgan fingerprint density at radius 2 is 1.90 bits per heavy atom. The lowest BCUT2D eigenvalue weighted by atomic mass is 10.2. The number of amides is 2. The van der Waals surface area contributed by atoms with Gasteiger partial charge in [0.1, 0.15) is 0 Å². The van der Waals surface area contributed by atoms with Gasteiger partial charge in [-0.15, -0.1) is 0 Å². The highest BCUT2D eigenvalue weighted by molar-refractivity contribution is 5.94. The van der Waals surface area contributed by atoms with E-state index < -0.39 is 17.6 Å². The molecule has 110 valence electrons. The number of carbonyl (C=O) groups excluding carboxylic acids is 2. The Kier molecular flexibility index (Phi) is 5.12. The van der Waals surface area contributed by atoms with Crippen LogP contribution in [0, 0.1) is 5.92 Å². The number of benzene rings is 1. The molecule has 0 fully saturated rings. The summed E-state index contributed by atoms with van der Waals surface area (Å²) in [5, 5.41) is 4.67. The van der Waals surface area contributed by atoms with E-state index in [1.807, 2.05) is 0 Å². The van der Waals surface area contributed by atoms with Crippen molar-refractivity contribution in [2.24, 2.45) is 5.92 Å². The first-order valence-electron chi connectivity index (χ1n) is 5.95. The van der Waals surface area contributed by atoms with Crippen molar-refractivity contribution < 1.29 is 22.8 Å². The Morgan fingerprint density at radius 1 is 1.25 bits per heavy atom. The maximum Gasteiger partial charge on any atom is 0.416 e. The van der Waals surface area contributed by atoms with Gasteiger partial charge in [0.05, 0.1) is 12.1 Å². The average molecular weight is 288 g/mol. The molecule has 20 heavy (non-hydrogen) atoms. The van der Waals surface area contributed by atoms with Gasteiger partial charge in [-0.3, -0.25) is 9.59 Å². The smallest absolute Gasteiger partial charge is 0.347 e. The van der Waals surface area contributed by atoms with Gasteiger partial charge in [0.25, 0.3) is 0 Å². The summed E-state index contributed by atoms with van der Waals surface area (Å²) in [5.41, 5.74) is -0.815. The maximum absolute atomic E-state index is 12.5. The van der Waals surface area contributed by atoms with Gasteiger partial charge >= 0.3 is 6.18 Å². The first kappa shape index (κ1) is 16.0. The molecule has 0 atom stereocenters. The van der Waals surface area contributed by atoms with Crippen LogP contribution in [-0.4, -0.2) is 18.4 Å². The molecule has 0 saturated carbocycles. The van der Waals surface area contributed by atoms with E-state index in [1.165, 1.54) is 12.1 Å². The number of anilines is 1. The predicted octanol–water partition coefficient (Wildman–Crippen LogP) is 2.42. The van der Waals surface area contributed by atoms with Gasteiger partial charge in [0, 0.05) is 11.6 Å². The van der Waals surface area contributed by atoms with Crippen LogP contribution in [0.5, 0.6) is 0 Å². The Hall–Kier alpha value is -2.05.